The van der Waals surface area contributed by atoms with Crippen LogP contribution in [0.3, 0.4) is 0 Å². The highest BCUT2D eigenvalue weighted by molar-refractivity contribution is 6.04. The van der Waals surface area contributed by atoms with Crippen LogP contribution in [0.2, 0.25) is 0 Å². The Kier molecular flexibility index (Phi) is 6.09. The van der Waals surface area contributed by atoms with Gasteiger partial charge in [-0.3, -0.25) is 9.59 Å². The maximum absolute atomic E-state index is 12.5. The van der Waals surface area contributed by atoms with Crippen LogP contribution in [0, 0.1) is 0 Å². The van der Waals surface area contributed by atoms with Crippen molar-refractivity contribution >= 4 is 28.8 Å². The van der Waals surface area contributed by atoms with Gasteiger partial charge in [0, 0.05) is 17.3 Å². The lowest BCUT2D eigenvalue weighted by molar-refractivity contribution is 0.101. The number of methoxy groups -OCH3 is 2. The lowest BCUT2D eigenvalue weighted by atomic mass is 10.1. The number of ether oxygens (including phenoxy) is 2. The summed E-state index contributed by atoms with van der Waals surface area (Å²) in [7, 11) is 3.07. The molecule has 148 valence electrons. The molecule has 0 atom stereocenters. The fourth-order valence-electron chi connectivity index (χ4n) is 2.68. The van der Waals surface area contributed by atoms with Gasteiger partial charge in [0.05, 0.1) is 31.8 Å². The maximum atomic E-state index is 12.5. The summed E-state index contributed by atoms with van der Waals surface area (Å²) in [5.41, 5.74) is 2.81. The summed E-state index contributed by atoms with van der Waals surface area (Å²) in [6.45, 7) is 1.52. The van der Waals surface area contributed by atoms with Crippen molar-refractivity contribution in [3.8, 4) is 11.5 Å². The molecular formula is C22H21N3O4. The average Bonchev–Trinajstić information content (AvgIpc) is 2.74. The summed E-state index contributed by atoms with van der Waals surface area (Å²) in [4.78, 5) is 28.3. The van der Waals surface area contributed by atoms with Gasteiger partial charge in [-0.15, -0.1) is 0 Å². The second-order valence-electron chi connectivity index (χ2n) is 6.21. The van der Waals surface area contributed by atoms with E-state index in [1.807, 2.05) is 6.07 Å². The average molecular weight is 391 g/mol. The number of aromatic nitrogens is 1. The Bertz CT molecular complexity index is 1030. The predicted octanol–water partition coefficient (Wildman–Crippen LogP) is 4.30. The van der Waals surface area contributed by atoms with E-state index in [2.05, 4.69) is 15.6 Å². The van der Waals surface area contributed by atoms with Crippen LogP contribution in [0.15, 0.2) is 60.8 Å². The molecule has 2 aromatic carbocycles. The number of anilines is 3. The van der Waals surface area contributed by atoms with Crippen molar-refractivity contribution in [2.24, 2.45) is 0 Å². The van der Waals surface area contributed by atoms with Gasteiger partial charge in [0.1, 0.15) is 17.2 Å². The van der Waals surface area contributed by atoms with Gasteiger partial charge in [-0.05, 0) is 43.3 Å². The van der Waals surface area contributed by atoms with Gasteiger partial charge >= 0.3 is 0 Å². The van der Waals surface area contributed by atoms with Gasteiger partial charge in [-0.25, -0.2) is 4.98 Å². The summed E-state index contributed by atoms with van der Waals surface area (Å²) in [5.74, 6) is 0.734. The van der Waals surface area contributed by atoms with Crippen LogP contribution < -0.4 is 20.1 Å². The monoisotopic (exact) mass is 391 g/mol. The van der Waals surface area contributed by atoms with Crippen LogP contribution in [-0.4, -0.2) is 30.9 Å². The Labute approximate surface area is 168 Å². The third-order valence-electron chi connectivity index (χ3n) is 4.21. The molecule has 0 unspecified atom stereocenters. The number of carbonyl (C=O) groups excluding carboxylic acids is 2. The number of hydrogen-bond donors (Lipinski definition) is 2. The minimum absolute atomic E-state index is 0.00763. The number of hydrogen-bond acceptors (Lipinski definition) is 6. The van der Waals surface area contributed by atoms with E-state index in [9.17, 15) is 9.59 Å². The molecule has 29 heavy (non-hydrogen) atoms. The number of Topliss-reactive ketones (excluding diaryl/α,β-unsaturated/α-hetero) is 1. The minimum Gasteiger partial charge on any atom is -0.497 e. The molecule has 0 fully saturated rings. The quantitative estimate of drug-likeness (QED) is 0.584. The van der Waals surface area contributed by atoms with Gasteiger partial charge in [0.25, 0.3) is 5.91 Å². The van der Waals surface area contributed by atoms with Crippen molar-refractivity contribution in [3.05, 3.63) is 72.1 Å². The van der Waals surface area contributed by atoms with Gasteiger partial charge in [0.15, 0.2) is 5.78 Å². The van der Waals surface area contributed by atoms with E-state index in [0.29, 0.717) is 28.4 Å². The topological polar surface area (TPSA) is 89.5 Å². The molecule has 0 saturated heterocycles. The first-order valence-corrected chi connectivity index (χ1v) is 8.87. The molecule has 3 rings (SSSR count). The predicted molar refractivity (Wildman–Crippen MR) is 111 cm³/mol. The molecule has 3 aromatic rings. The van der Waals surface area contributed by atoms with Crippen molar-refractivity contribution < 1.29 is 19.1 Å². The minimum atomic E-state index is -0.373. The summed E-state index contributed by atoms with van der Waals surface area (Å²) in [6.07, 6.45) is 1.55. The molecular weight excluding hydrogens is 370 g/mol. The highest BCUT2D eigenvalue weighted by Crippen LogP contribution is 2.29. The largest absolute Gasteiger partial charge is 0.497 e. The molecule has 1 heterocycles. The molecule has 7 heteroatoms. The normalized spacial score (nSPS) is 10.2. The summed E-state index contributed by atoms with van der Waals surface area (Å²) in [6, 6.07) is 15.7. The molecule has 7 nitrogen and oxygen atoms in total. The number of pyridine rings is 1. The Morgan fingerprint density at radius 1 is 0.931 bits per heavy atom. The highest BCUT2D eigenvalue weighted by atomic mass is 16.5. The number of amides is 1. The number of nitrogens with zero attached hydrogens (tertiary/aromatic N) is 1. The van der Waals surface area contributed by atoms with Crippen LogP contribution in [0.25, 0.3) is 0 Å². The number of rotatable bonds is 7. The van der Waals surface area contributed by atoms with E-state index in [-0.39, 0.29) is 17.4 Å². The van der Waals surface area contributed by atoms with Crippen LogP contribution in [0.5, 0.6) is 11.5 Å². The fourth-order valence-corrected chi connectivity index (χ4v) is 2.68. The summed E-state index contributed by atoms with van der Waals surface area (Å²) >= 11 is 0. The summed E-state index contributed by atoms with van der Waals surface area (Å²) < 4.78 is 10.5. The van der Waals surface area contributed by atoms with Crippen molar-refractivity contribution in [1.82, 2.24) is 4.98 Å². The molecule has 2 N–H and O–H groups in total. The Balaban J connectivity index is 1.72. The Hall–Kier alpha value is -3.87. The molecule has 0 spiro atoms. The lowest BCUT2D eigenvalue weighted by Gasteiger charge is -2.12. The Morgan fingerprint density at radius 2 is 1.76 bits per heavy atom. The second kappa shape index (κ2) is 8.88. The number of ketones is 1. The van der Waals surface area contributed by atoms with Crippen molar-refractivity contribution in [2.75, 3.05) is 24.9 Å². The molecule has 0 aliphatic carbocycles. The first-order valence-electron chi connectivity index (χ1n) is 8.87. The molecule has 0 radical (unpaired) electrons. The molecule has 0 saturated carbocycles. The second-order valence-corrected chi connectivity index (χ2v) is 6.21. The van der Waals surface area contributed by atoms with Crippen LogP contribution in [0.1, 0.15) is 27.8 Å². The fraction of sp³-hybridized carbons (Fsp3) is 0.136. The zero-order chi connectivity index (χ0) is 20.8. The van der Waals surface area contributed by atoms with Gasteiger partial charge in [-0.1, -0.05) is 12.1 Å². The highest BCUT2D eigenvalue weighted by Gasteiger charge is 2.12. The van der Waals surface area contributed by atoms with E-state index in [1.165, 1.54) is 14.0 Å². The van der Waals surface area contributed by atoms with Gasteiger partial charge < -0.3 is 20.1 Å². The third kappa shape index (κ3) is 4.90. The van der Waals surface area contributed by atoms with E-state index in [4.69, 9.17) is 9.47 Å². The van der Waals surface area contributed by atoms with E-state index in [1.54, 1.807) is 61.8 Å². The SMILES string of the molecule is COc1ccc(OC)c(NC(=O)c2ccc(Nc3cccc(C(C)=O)c3)cn2)c1. The maximum Gasteiger partial charge on any atom is 0.274 e. The van der Waals surface area contributed by atoms with Crippen LogP contribution >= 0.6 is 0 Å². The number of nitrogens with one attached hydrogen (secondary N) is 2. The van der Waals surface area contributed by atoms with Crippen LogP contribution in [-0.2, 0) is 0 Å². The molecule has 0 aliphatic rings. The first kappa shape index (κ1) is 19.9. The first-order chi connectivity index (χ1) is 14.0. The van der Waals surface area contributed by atoms with Crippen molar-refractivity contribution in [1.29, 1.82) is 0 Å². The molecule has 1 aromatic heterocycles. The molecule has 0 aliphatic heterocycles. The van der Waals surface area contributed by atoms with E-state index < -0.39 is 0 Å². The zero-order valence-corrected chi connectivity index (χ0v) is 16.4. The van der Waals surface area contributed by atoms with Crippen molar-refractivity contribution in [3.63, 3.8) is 0 Å². The number of benzene rings is 2. The van der Waals surface area contributed by atoms with Gasteiger partial charge in [-0.2, -0.15) is 0 Å². The van der Waals surface area contributed by atoms with Crippen LogP contribution in [0.4, 0.5) is 17.1 Å². The van der Waals surface area contributed by atoms with Gasteiger partial charge in [0.2, 0.25) is 0 Å². The summed E-state index contributed by atoms with van der Waals surface area (Å²) in [5, 5.41) is 5.94. The third-order valence-corrected chi connectivity index (χ3v) is 4.21. The molecule has 1 amide bonds. The van der Waals surface area contributed by atoms with E-state index in [0.717, 1.165) is 5.69 Å². The smallest absolute Gasteiger partial charge is 0.274 e. The van der Waals surface area contributed by atoms with Crippen molar-refractivity contribution in [2.45, 2.75) is 6.92 Å². The standard InChI is InChI=1S/C22H21N3O4/c1-14(26)15-5-4-6-16(11-15)24-17-7-9-19(23-13-17)22(27)25-20-12-18(28-2)8-10-21(20)29-3/h4-13,24H,1-3H3,(H,25,27). The molecule has 0 bridgehead atoms. The number of carbonyl (C=O) groups is 2. The zero-order valence-electron chi connectivity index (χ0n) is 16.4. The Morgan fingerprint density at radius 3 is 2.41 bits per heavy atom. The lowest BCUT2D eigenvalue weighted by Crippen LogP contribution is -2.14. The van der Waals surface area contributed by atoms with E-state index >= 15 is 0 Å².